The van der Waals surface area contributed by atoms with Gasteiger partial charge in [0.05, 0.1) is 5.69 Å². The molecule has 3 rings (SSSR count). The molecule has 3 nitrogen and oxygen atoms in total. The molecule has 0 fully saturated rings. The first-order chi connectivity index (χ1) is 8.72. The van der Waals surface area contributed by atoms with Gasteiger partial charge in [0.1, 0.15) is 5.65 Å². The predicted octanol–water partition coefficient (Wildman–Crippen LogP) is 3.27. The van der Waals surface area contributed by atoms with Gasteiger partial charge < -0.3 is 10.1 Å². The molecule has 4 heteroatoms. The van der Waals surface area contributed by atoms with Gasteiger partial charge in [0, 0.05) is 35.0 Å². The molecule has 90 valence electrons. The molecule has 0 atom stereocenters. The summed E-state index contributed by atoms with van der Waals surface area (Å²) >= 11 is 3.55. The minimum atomic E-state index is 0.737. The Morgan fingerprint density at radius 3 is 2.89 bits per heavy atom. The maximum atomic E-state index is 5.75. The fourth-order valence-electron chi connectivity index (χ4n) is 1.97. The third-order valence-corrected chi connectivity index (χ3v) is 3.64. The Labute approximate surface area is 113 Å². The zero-order valence-electron chi connectivity index (χ0n) is 9.68. The maximum Gasteiger partial charge on any atom is 0.139 e. The van der Waals surface area contributed by atoms with Gasteiger partial charge in [-0.15, -0.1) is 0 Å². The number of hydrogen-bond acceptors (Lipinski definition) is 2. The van der Waals surface area contributed by atoms with E-state index >= 15 is 0 Å². The van der Waals surface area contributed by atoms with Gasteiger partial charge in [-0.2, -0.15) is 0 Å². The van der Waals surface area contributed by atoms with Crippen LogP contribution in [0.2, 0.25) is 0 Å². The SMILES string of the molecule is Nc1ccn2cc(Cc3ccccc3Br)nc2c1. The smallest absolute Gasteiger partial charge is 0.139 e. The number of nitrogens with zero attached hydrogens (tertiary/aromatic N) is 2. The topological polar surface area (TPSA) is 43.3 Å². The maximum absolute atomic E-state index is 5.75. The molecular formula is C14H12BrN3. The fourth-order valence-corrected chi connectivity index (χ4v) is 2.40. The fraction of sp³-hybridized carbons (Fsp3) is 0.0714. The van der Waals surface area contributed by atoms with E-state index in [4.69, 9.17) is 5.73 Å². The summed E-state index contributed by atoms with van der Waals surface area (Å²) in [7, 11) is 0. The minimum Gasteiger partial charge on any atom is -0.399 e. The van der Waals surface area contributed by atoms with Crippen molar-refractivity contribution in [2.75, 3.05) is 5.73 Å². The lowest BCUT2D eigenvalue weighted by atomic mass is 10.1. The minimum absolute atomic E-state index is 0.737. The number of benzene rings is 1. The highest BCUT2D eigenvalue weighted by Gasteiger charge is 2.05. The van der Waals surface area contributed by atoms with Crippen LogP contribution in [-0.4, -0.2) is 9.38 Å². The number of nitrogens with two attached hydrogens (primary N) is 1. The normalized spacial score (nSPS) is 10.9. The van der Waals surface area contributed by atoms with E-state index in [0.29, 0.717) is 0 Å². The van der Waals surface area contributed by atoms with Crippen LogP contribution in [0.25, 0.3) is 5.65 Å². The van der Waals surface area contributed by atoms with Crippen molar-refractivity contribution in [1.29, 1.82) is 0 Å². The average Bonchev–Trinajstić information content (AvgIpc) is 2.73. The van der Waals surface area contributed by atoms with Crippen LogP contribution in [0, 0.1) is 0 Å². The molecule has 0 aliphatic carbocycles. The van der Waals surface area contributed by atoms with E-state index in [0.717, 1.165) is 27.9 Å². The van der Waals surface area contributed by atoms with E-state index in [1.807, 2.05) is 47.1 Å². The summed E-state index contributed by atoms with van der Waals surface area (Å²) in [4.78, 5) is 4.57. The largest absolute Gasteiger partial charge is 0.399 e. The van der Waals surface area contributed by atoms with Gasteiger partial charge in [0.25, 0.3) is 0 Å². The van der Waals surface area contributed by atoms with Gasteiger partial charge in [-0.05, 0) is 17.7 Å². The second-order valence-corrected chi connectivity index (χ2v) is 5.08. The highest BCUT2D eigenvalue weighted by molar-refractivity contribution is 9.10. The highest BCUT2D eigenvalue weighted by Crippen LogP contribution is 2.19. The molecule has 0 saturated carbocycles. The van der Waals surface area contributed by atoms with Crippen molar-refractivity contribution in [3.8, 4) is 0 Å². The van der Waals surface area contributed by atoms with Gasteiger partial charge >= 0.3 is 0 Å². The van der Waals surface area contributed by atoms with E-state index in [9.17, 15) is 0 Å². The summed E-state index contributed by atoms with van der Waals surface area (Å²) < 4.78 is 3.10. The molecule has 2 aromatic heterocycles. The quantitative estimate of drug-likeness (QED) is 0.789. The van der Waals surface area contributed by atoms with E-state index in [1.165, 1.54) is 5.56 Å². The predicted molar refractivity (Wildman–Crippen MR) is 76.6 cm³/mol. The van der Waals surface area contributed by atoms with Crippen molar-refractivity contribution >= 4 is 27.3 Å². The van der Waals surface area contributed by atoms with E-state index in [1.54, 1.807) is 0 Å². The van der Waals surface area contributed by atoms with Crippen molar-refractivity contribution < 1.29 is 0 Å². The third-order valence-electron chi connectivity index (χ3n) is 2.86. The van der Waals surface area contributed by atoms with Crippen LogP contribution in [0.15, 0.2) is 53.3 Å². The Kier molecular flexibility index (Phi) is 2.80. The van der Waals surface area contributed by atoms with Gasteiger partial charge in [-0.3, -0.25) is 0 Å². The number of nitrogen functional groups attached to an aromatic ring is 1. The second-order valence-electron chi connectivity index (χ2n) is 4.23. The van der Waals surface area contributed by atoms with Crippen molar-refractivity contribution in [2.24, 2.45) is 0 Å². The number of rotatable bonds is 2. The van der Waals surface area contributed by atoms with Crippen LogP contribution in [0.4, 0.5) is 5.69 Å². The van der Waals surface area contributed by atoms with Crippen LogP contribution < -0.4 is 5.73 Å². The molecule has 0 aliphatic heterocycles. The van der Waals surface area contributed by atoms with E-state index < -0.39 is 0 Å². The standard InChI is InChI=1S/C14H12BrN3/c15-13-4-2-1-3-10(13)7-12-9-18-6-5-11(16)8-14(18)17-12/h1-6,8-9H,7,16H2. The number of imidazole rings is 1. The molecule has 0 amide bonds. The number of fused-ring (bicyclic) bond motifs is 1. The summed E-state index contributed by atoms with van der Waals surface area (Å²) in [6, 6.07) is 11.9. The highest BCUT2D eigenvalue weighted by atomic mass is 79.9. The molecular weight excluding hydrogens is 290 g/mol. The first-order valence-electron chi connectivity index (χ1n) is 5.69. The lowest BCUT2D eigenvalue weighted by Gasteiger charge is -2.00. The van der Waals surface area contributed by atoms with Gasteiger partial charge in [0.2, 0.25) is 0 Å². The van der Waals surface area contributed by atoms with E-state index in [-0.39, 0.29) is 0 Å². The Balaban J connectivity index is 1.98. The van der Waals surface area contributed by atoms with Gasteiger partial charge in [-0.25, -0.2) is 4.98 Å². The number of halogens is 1. The third kappa shape index (κ3) is 2.11. The van der Waals surface area contributed by atoms with Crippen LogP contribution >= 0.6 is 15.9 Å². The Morgan fingerprint density at radius 1 is 1.22 bits per heavy atom. The first-order valence-corrected chi connectivity index (χ1v) is 6.48. The van der Waals surface area contributed by atoms with Crippen LogP contribution in [0.1, 0.15) is 11.3 Å². The Bertz CT molecular complexity index is 703. The first kappa shape index (κ1) is 11.3. The molecule has 3 aromatic rings. The van der Waals surface area contributed by atoms with Crippen LogP contribution in [0.3, 0.4) is 0 Å². The molecule has 0 bridgehead atoms. The van der Waals surface area contributed by atoms with Crippen LogP contribution in [0.5, 0.6) is 0 Å². The Hall–Kier alpha value is -1.81. The van der Waals surface area contributed by atoms with Crippen LogP contribution in [-0.2, 0) is 6.42 Å². The van der Waals surface area contributed by atoms with E-state index in [2.05, 4.69) is 27.0 Å². The average molecular weight is 302 g/mol. The second kappa shape index (κ2) is 4.46. The lowest BCUT2D eigenvalue weighted by Crippen LogP contribution is -1.89. The summed E-state index contributed by atoms with van der Waals surface area (Å²) in [5, 5.41) is 0. The molecule has 18 heavy (non-hydrogen) atoms. The molecule has 1 aromatic carbocycles. The molecule has 0 spiro atoms. The van der Waals surface area contributed by atoms with Crippen molar-refractivity contribution in [1.82, 2.24) is 9.38 Å². The molecule has 2 heterocycles. The summed E-state index contributed by atoms with van der Waals surface area (Å²) in [6.45, 7) is 0. The number of pyridine rings is 1. The zero-order valence-corrected chi connectivity index (χ0v) is 11.3. The molecule has 0 saturated heterocycles. The van der Waals surface area contributed by atoms with Crippen molar-refractivity contribution in [3.05, 3.63) is 64.5 Å². The number of hydrogen-bond donors (Lipinski definition) is 1. The number of anilines is 1. The Morgan fingerprint density at radius 2 is 2.06 bits per heavy atom. The van der Waals surface area contributed by atoms with Crippen molar-refractivity contribution in [3.63, 3.8) is 0 Å². The molecule has 0 aliphatic rings. The van der Waals surface area contributed by atoms with Gasteiger partial charge in [0.15, 0.2) is 0 Å². The molecule has 2 N–H and O–H groups in total. The van der Waals surface area contributed by atoms with Gasteiger partial charge in [-0.1, -0.05) is 34.1 Å². The number of aromatic nitrogens is 2. The summed E-state index contributed by atoms with van der Waals surface area (Å²) in [5.74, 6) is 0. The van der Waals surface area contributed by atoms with Crippen molar-refractivity contribution in [2.45, 2.75) is 6.42 Å². The molecule has 0 radical (unpaired) electrons. The monoisotopic (exact) mass is 301 g/mol. The summed E-state index contributed by atoms with van der Waals surface area (Å²) in [5.41, 5.74) is 9.64. The summed E-state index contributed by atoms with van der Waals surface area (Å²) in [6.07, 6.45) is 4.78. The zero-order chi connectivity index (χ0) is 12.5. The molecule has 0 unspecified atom stereocenters. The lowest BCUT2D eigenvalue weighted by molar-refractivity contribution is 1.10.